The fourth-order valence-electron chi connectivity index (χ4n) is 5.00. The van der Waals surface area contributed by atoms with Crippen LogP contribution in [0.1, 0.15) is 43.2 Å². The van der Waals surface area contributed by atoms with E-state index in [4.69, 9.17) is 4.74 Å². The summed E-state index contributed by atoms with van der Waals surface area (Å²) < 4.78 is 34.6. The van der Waals surface area contributed by atoms with Gasteiger partial charge in [-0.1, -0.05) is 61.9 Å². The van der Waals surface area contributed by atoms with Crippen molar-refractivity contribution >= 4 is 18.0 Å². The number of hydrogen-bond acceptors (Lipinski definition) is 4. The fourth-order valence-corrected chi connectivity index (χ4v) is 5.00. The summed E-state index contributed by atoms with van der Waals surface area (Å²) in [5.41, 5.74) is 4.04. The van der Waals surface area contributed by atoms with E-state index in [9.17, 15) is 28.3 Å². The number of alkyl carbamates (subject to hydrolysis) is 1. The van der Waals surface area contributed by atoms with Crippen molar-refractivity contribution in [1.82, 2.24) is 10.2 Å². The zero-order valence-electron chi connectivity index (χ0n) is 19.4. The lowest BCUT2D eigenvalue weighted by Gasteiger charge is -2.38. The molecule has 2 amide bonds. The zero-order valence-corrected chi connectivity index (χ0v) is 19.4. The molecule has 9 heteroatoms. The quantitative estimate of drug-likeness (QED) is 0.610. The average Bonchev–Trinajstić information content (AvgIpc) is 3.19. The second kappa shape index (κ2) is 10.0. The van der Waals surface area contributed by atoms with Gasteiger partial charge in [0.05, 0.1) is 6.54 Å². The highest BCUT2D eigenvalue weighted by atomic mass is 19.3. The molecule has 35 heavy (non-hydrogen) atoms. The largest absolute Gasteiger partial charge is 0.480 e. The number of nitrogens with zero attached hydrogens (tertiary/aromatic N) is 1. The molecule has 2 aliphatic rings. The maximum atomic E-state index is 14.7. The summed E-state index contributed by atoms with van der Waals surface area (Å²) in [6.07, 6.45) is 0.236. The average molecular weight is 487 g/mol. The van der Waals surface area contributed by atoms with E-state index in [2.05, 4.69) is 0 Å². The van der Waals surface area contributed by atoms with Crippen LogP contribution in [0.25, 0.3) is 11.1 Å². The van der Waals surface area contributed by atoms with Gasteiger partial charge in [-0.05, 0) is 41.0 Å². The number of alkyl halides is 2. The molecule has 0 radical (unpaired) electrons. The Kier molecular flexibility index (Phi) is 7.05. The highest BCUT2D eigenvalue weighted by Gasteiger charge is 2.47. The Hall–Kier alpha value is -3.49. The van der Waals surface area contributed by atoms with E-state index in [1.54, 1.807) is 0 Å². The Balaban J connectivity index is 1.35. The van der Waals surface area contributed by atoms with Crippen molar-refractivity contribution in [2.45, 2.75) is 44.1 Å². The van der Waals surface area contributed by atoms with Gasteiger partial charge in [0.25, 0.3) is 5.91 Å². The summed E-state index contributed by atoms with van der Waals surface area (Å²) in [6.45, 7) is 0.510. The monoisotopic (exact) mass is 486 g/mol. The number of likely N-dealkylation sites (tertiary alicyclic amines) is 1. The molecule has 1 aliphatic carbocycles. The van der Waals surface area contributed by atoms with E-state index in [1.165, 1.54) is 0 Å². The maximum absolute atomic E-state index is 14.7. The minimum absolute atomic E-state index is 0.0506. The van der Waals surface area contributed by atoms with Gasteiger partial charge in [-0.15, -0.1) is 0 Å². The molecular formula is C26H28F2N2O5. The van der Waals surface area contributed by atoms with E-state index in [0.717, 1.165) is 22.3 Å². The van der Waals surface area contributed by atoms with Crippen LogP contribution < -0.4 is 5.32 Å². The molecule has 0 aromatic heterocycles. The molecule has 186 valence electrons. The number of piperidine rings is 1. The number of halogens is 2. The summed E-state index contributed by atoms with van der Waals surface area (Å²) >= 11 is 0. The second-order valence-electron chi connectivity index (χ2n) is 9.03. The highest BCUT2D eigenvalue weighted by molar-refractivity contribution is 5.89. The molecule has 2 aromatic carbocycles. The molecule has 0 saturated carbocycles. The van der Waals surface area contributed by atoms with E-state index < -0.39 is 36.5 Å². The van der Waals surface area contributed by atoms with Gasteiger partial charge >= 0.3 is 18.0 Å². The van der Waals surface area contributed by atoms with Gasteiger partial charge in [0.15, 0.2) is 0 Å². The van der Waals surface area contributed by atoms with Gasteiger partial charge < -0.3 is 20.1 Å². The zero-order chi connectivity index (χ0) is 25.2. The predicted octanol–water partition coefficient (Wildman–Crippen LogP) is 4.26. The molecule has 0 bridgehead atoms. The van der Waals surface area contributed by atoms with Gasteiger partial charge in [-0.2, -0.15) is 8.78 Å². The first kappa shape index (κ1) is 24.6. The smallest absolute Gasteiger partial charge is 0.407 e. The van der Waals surface area contributed by atoms with Crippen LogP contribution in [-0.4, -0.2) is 59.6 Å². The Labute approximate surface area is 202 Å². The standard InChI is InChI=1S/C26H28F2N2O5/c1-2-16-11-12-30(22(13-16)23(31)32)24(33)26(27,28)15-29-25(34)35-14-21-19-9-5-3-7-17(19)18-8-4-6-10-20(18)21/h3-10,16,21-22H,2,11-15H2,1H3,(H,29,34)(H,31,32). The third-order valence-corrected chi connectivity index (χ3v) is 6.95. The third kappa shape index (κ3) is 4.99. The number of amides is 2. The fraction of sp³-hybridized carbons (Fsp3) is 0.423. The number of carboxylic acid groups (broad SMARTS) is 1. The molecule has 2 N–H and O–H groups in total. The van der Waals surface area contributed by atoms with Crippen molar-refractivity contribution in [3.8, 4) is 11.1 Å². The summed E-state index contributed by atoms with van der Waals surface area (Å²) in [7, 11) is 0. The Morgan fingerprint density at radius 1 is 1.09 bits per heavy atom. The Morgan fingerprint density at radius 2 is 1.69 bits per heavy atom. The van der Waals surface area contributed by atoms with Crippen LogP contribution in [0, 0.1) is 5.92 Å². The number of carbonyl (C=O) groups excluding carboxylic acids is 2. The molecule has 0 spiro atoms. The number of carboxylic acids is 1. The van der Waals surface area contributed by atoms with E-state index in [-0.39, 0.29) is 31.4 Å². The van der Waals surface area contributed by atoms with Crippen LogP contribution in [-0.2, 0) is 14.3 Å². The van der Waals surface area contributed by atoms with Crippen molar-refractivity contribution in [3.63, 3.8) is 0 Å². The van der Waals surface area contributed by atoms with Gasteiger partial charge in [0.1, 0.15) is 12.6 Å². The first-order valence-corrected chi connectivity index (χ1v) is 11.7. The van der Waals surface area contributed by atoms with Crippen molar-refractivity contribution in [2.24, 2.45) is 5.92 Å². The van der Waals surface area contributed by atoms with Crippen LogP contribution in [0.2, 0.25) is 0 Å². The highest BCUT2D eigenvalue weighted by Crippen LogP contribution is 2.44. The number of aliphatic carboxylic acids is 1. The topological polar surface area (TPSA) is 95.9 Å². The number of nitrogens with one attached hydrogen (secondary N) is 1. The third-order valence-electron chi connectivity index (χ3n) is 6.95. The summed E-state index contributed by atoms with van der Waals surface area (Å²) in [4.78, 5) is 37.0. The summed E-state index contributed by atoms with van der Waals surface area (Å²) in [5.74, 6) is -7.03. The Morgan fingerprint density at radius 3 is 2.26 bits per heavy atom. The molecule has 4 rings (SSSR count). The van der Waals surface area contributed by atoms with Crippen LogP contribution >= 0.6 is 0 Å². The molecule has 2 unspecified atom stereocenters. The Bertz CT molecular complexity index is 1080. The van der Waals surface area contributed by atoms with Crippen LogP contribution in [0.15, 0.2) is 48.5 Å². The molecule has 1 heterocycles. The molecular weight excluding hydrogens is 458 g/mol. The minimum Gasteiger partial charge on any atom is -0.480 e. The van der Waals surface area contributed by atoms with Crippen molar-refractivity contribution in [3.05, 3.63) is 59.7 Å². The number of carbonyl (C=O) groups is 3. The molecule has 1 saturated heterocycles. The van der Waals surface area contributed by atoms with E-state index in [1.807, 2.05) is 60.8 Å². The lowest BCUT2D eigenvalue weighted by molar-refractivity contribution is -0.168. The van der Waals surface area contributed by atoms with E-state index in [0.29, 0.717) is 17.7 Å². The summed E-state index contributed by atoms with van der Waals surface area (Å²) in [6, 6.07) is 14.1. The maximum Gasteiger partial charge on any atom is 0.407 e. The number of ether oxygens (including phenoxy) is 1. The summed E-state index contributed by atoms with van der Waals surface area (Å²) in [5, 5.41) is 11.4. The first-order valence-electron chi connectivity index (χ1n) is 11.7. The van der Waals surface area contributed by atoms with Crippen molar-refractivity contribution in [2.75, 3.05) is 19.7 Å². The number of benzene rings is 2. The van der Waals surface area contributed by atoms with Gasteiger partial charge in [0.2, 0.25) is 0 Å². The van der Waals surface area contributed by atoms with Crippen molar-refractivity contribution in [1.29, 1.82) is 0 Å². The lowest BCUT2D eigenvalue weighted by Crippen LogP contribution is -2.57. The number of fused-ring (bicyclic) bond motifs is 3. The lowest BCUT2D eigenvalue weighted by atomic mass is 9.88. The van der Waals surface area contributed by atoms with Crippen LogP contribution in [0.5, 0.6) is 0 Å². The predicted molar refractivity (Wildman–Crippen MR) is 124 cm³/mol. The second-order valence-corrected chi connectivity index (χ2v) is 9.03. The van der Waals surface area contributed by atoms with Gasteiger partial charge in [-0.3, -0.25) is 4.79 Å². The molecule has 2 atom stereocenters. The normalized spacial score (nSPS) is 19.6. The SMILES string of the molecule is CCC1CCN(C(=O)C(F)(F)CNC(=O)OCC2c3ccccc3-c3ccccc32)C(C(=O)O)C1. The number of rotatable bonds is 7. The number of hydrogen-bond donors (Lipinski definition) is 2. The first-order chi connectivity index (χ1) is 16.7. The molecule has 7 nitrogen and oxygen atoms in total. The molecule has 2 aromatic rings. The van der Waals surface area contributed by atoms with Crippen LogP contribution in [0.4, 0.5) is 13.6 Å². The van der Waals surface area contributed by atoms with Gasteiger partial charge in [0, 0.05) is 12.5 Å². The van der Waals surface area contributed by atoms with Gasteiger partial charge in [-0.25, -0.2) is 9.59 Å². The van der Waals surface area contributed by atoms with Crippen molar-refractivity contribution < 1.29 is 33.0 Å². The van der Waals surface area contributed by atoms with Crippen LogP contribution in [0.3, 0.4) is 0 Å². The molecule has 1 aliphatic heterocycles. The van der Waals surface area contributed by atoms with E-state index >= 15 is 0 Å². The molecule has 1 fully saturated rings. The minimum atomic E-state index is -3.96.